The summed E-state index contributed by atoms with van der Waals surface area (Å²) in [5.74, 6) is 0. The first-order valence-electron chi connectivity index (χ1n) is 3.92. The highest BCUT2D eigenvalue weighted by Crippen LogP contribution is 2.26. The van der Waals surface area contributed by atoms with E-state index < -0.39 is 9.85 Å². The van der Waals surface area contributed by atoms with E-state index in [0.29, 0.717) is 0 Å². The summed E-state index contributed by atoms with van der Waals surface area (Å²) in [6, 6.07) is 3.77. The lowest BCUT2D eigenvalue weighted by atomic mass is 10.1. The van der Waals surface area contributed by atoms with Crippen LogP contribution in [0.1, 0.15) is 5.56 Å². The Labute approximate surface area is 89.4 Å². The van der Waals surface area contributed by atoms with Gasteiger partial charge in [-0.3, -0.25) is 25.0 Å². The van der Waals surface area contributed by atoms with Crippen LogP contribution in [-0.4, -0.2) is 21.4 Å². The van der Waals surface area contributed by atoms with Crippen LogP contribution in [0, 0.1) is 27.2 Å². The van der Waals surface area contributed by atoms with E-state index in [0.717, 1.165) is 0 Å². The fourth-order valence-corrected chi connectivity index (χ4v) is 1.01. The molecule has 8 heteroatoms. The lowest BCUT2D eigenvalue weighted by Crippen LogP contribution is -1.96. The molecule has 0 saturated heterocycles. The number of carboxylic acid groups (broad SMARTS) is 1. The second-order valence-corrected chi connectivity index (χ2v) is 2.54. The molecule has 1 rings (SSSR count). The fraction of sp³-hybridized carbons (Fsp3) is 0.125. The van der Waals surface area contributed by atoms with Crippen molar-refractivity contribution in [3.63, 3.8) is 0 Å². The van der Waals surface area contributed by atoms with Crippen LogP contribution in [0.25, 0.3) is 0 Å². The molecule has 1 aromatic rings. The first-order chi connectivity index (χ1) is 7.45. The van der Waals surface area contributed by atoms with Gasteiger partial charge in [0.1, 0.15) is 5.56 Å². The van der Waals surface area contributed by atoms with Crippen LogP contribution >= 0.6 is 0 Å². The maximum absolute atomic E-state index is 10.4. The average molecular weight is 228 g/mol. The molecule has 0 heterocycles. The van der Waals surface area contributed by atoms with E-state index >= 15 is 0 Å². The highest BCUT2D eigenvalue weighted by molar-refractivity contribution is 5.52. The summed E-state index contributed by atoms with van der Waals surface area (Å²) in [5, 5.41) is 27.6. The Hall–Kier alpha value is -2.51. The number of rotatable bonds is 2. The standard InChI is InChI=1S/C7H6N2O4.CH2O2/c1-5-6(8(10)11)3-2-4-7(5)9(12)13;2-1-3/h2-4H,1H3;1H,(H,2,3). The van der Waals surface area contributed by atoms with Gasteiger partial charge in [0.2, 0.25) is 0 Å². The highest BCUT2D eigenvalue weighted by atomic mass is 16.6. The van der Waals surface area contributed by atoms with E-state index in [2.05, 4.69) is 0 Å². The van der Waals surface area contributed by atoms with Gasteiger partial charge < -0.3 is 5.11 Å². The molecule has 0 unspecified atom stereocenters. The number of nitro benzene ring substituents is 2. The predicted molar refractivity (Wildman–Crippen MR) is 53.2 cm³/mol. The van der Waals surface area contributed by atoms with Gasteiger partial charge in [-0.05, 0) is 13.0 Å². The molecule has 0 aliphatic rings. The lowest BCUT2D eigenvalue weighted by Gasteiger charge is -1.96. The number of carbonyl (C=O) groups is 1. The first-order valence-corrected chi connectivity index (χ1v) is 3.92. The molecule has 0 fully saturated rings. The minimum Gasteiger partial charge on any atom is -0.483 e. The van der Waals surface area contributed by atoms with Crippen molar-refractivity contribution in [2.75, 3.05) is 0 Å². The van der Waals surface area contributed by atoms with E-state index in [-0.39, 0.29) is 23.4 Å². The lowest BCUT2D eigenvalue weighted by molar-refractivity contribution is -0.395. The second-order valence-electron chi connectivity index (χ2n) is 2.54. The molecule has 0 amide bonds. The molecule has 0 saturated carbocycles. The van der Waals surface area contributed by atoms with Crippen LogP contribution in [-0.2, 0) is 4.79 Å². The van der Waals surface area contributed by atoms with Crippen molar-refractivity contribution in [2.24, 2.45) is 0 Å². The minimum atomic E-state index is -0.637. The summed E-state index contributed by atoms with van der Waals surface area (Å²) >= 11 is 0. The third kappa shape index (κ3) is 3.33. The number of nitro groups is 2. The molecule has 0 aromatic heterocycles. The van der Waals surface area contributed by atoms with Crippen LogP contribution in [0.15, 0.2) is 18.2 Å². The molecule has 0 aliphatic carbocycles. The molecule has 0 aliphatic heterocycles. The largest absolute Gasteiger partial charge is 0.483 e. The van der Waals surface area contributed by atoms with Crippen molar-refractivity contribution < 1.29 is 19.7 Å². The van der Waals surface area contributed by atoms with Gasteiger partial charge >= 0.3 is 0 Å². The maximum Gasteiger partial charge on any atom is 0.290 e. The summed E-state index contributed by atoms with van der Waals surface area (Å²) in [4.78, 5) is 27.8. The van der Waals surface area contributed by atoms with Gasteiger partial charge in [0, 0.05) is 12.1 Å². The first kappa shape index (κ1) is 13.5. The molecule has 1 aromatic carbocycles. The van der Waals surface area contributed by atoms with Crippen molar-refractivity contribution >= 4 is 17.8 Å². The molecule has 0 radical (unpaired) electrons. The quantitative estimate of drug-likeness (QED) is 0.464. The Morgan fingerprint density at radius 1 is 1.19 bits per heavy atom. The molecule has 0 bridgehead atoms. The summed E-state index contributed by atoms with van der Waals surface area (Å²) in [6.45, 7) is 1.11. The van der Waals surface area contributed by atoms with Gasteiger partial charge in [-0.25, -0.2) is 0 Å². The second kappa shape index (κ2) is 6.06. The van der Waals surface area contributed by atoms with Crippen LogP contribution in [0.5, 0.6) is 0 Å². The molecule has 1 N–H and O–H groups in total. The topological polar surface area (TPSA) is 124 Å². The Morgan fingerprint density at radius 2 is 1.50 bits per heavy atom. The van der Waals surface area contributed by atoms with Crippen molar-refractivity contribution in [2.45, 2.75) is 6.92 Å². The minimum absolute atomic E-state index is 0.0810. The molecular weight excluding hydrogens is 220 g/mol. The summed E-state index contributed by atoms with van der Waals surface area (Å²) < 4.78 is 0. The van der Waals surface area contributed by atoms with Gasteiger partial charge in [-0.2, -0.15) is 0 Å². The van der Waals surface area contributed by atoms with Crippen molar-refractivity contribution in [3.8, 4) is 0 Å². The molecule has 0 atom stereocenters. The smallest absolute Gasteiger partial charge is 0.290 e. The molecular formula is C8H8N2O6. The van der Waals surface area contributed by atoms with Crippen LogP contribution < -0.4 is 0 Å². The van der Waals surface area contributed by atoms with E-state index in [4.69, 9.17) is 9.90 Å². The van der Waals surface area contributed by atoms with Crippen molar-refractivity contribution in [3.05, 3.63) is 44.0 Å². The number of nitrogens with zero attached hydrogens (tertiary/aromatic N) is 2. The SMILES string of the molecule is Cc1c([N+](=O)[O-])cccc1[N+](=O)[O-].O=CO. The molecule has 86 valence electrons. The third-order valence-electron chi connectivity index (χ3n) is 1.67. The highest BCUT2D eigenvalue weighted by Gasteiger charge is 2.19. The summed E-state index contributed by atoms with van der Waals surface area (Å²) in [5.41, 5.74) is -0.374. The Balaban J connectivity index is 0.000000673. The maximum atomic E-state index is 10.4. The zero-order valence-electron chi connectivity index (χ0n) is 8.19. The Bertz CT molecular complexity index is 385. The van der Waals surface area contributed by atoms with E-state index in [1.54, 1.807) is 0 Å². The number of hydrogen-bond acceptors (Lipinski definition) is 5. The summed E-state index contributed by atoms with van der Waals surface area (Å²) in [7, 11) is 0. The van der Waals surface area contributed by atoms with Gasteiger partial charge in [-0.15, -0.1) is 0 Å². The normalized spacial score (nSPS) is 8.56. The number of hydrogen-bond donors (Lipinski definition) is 1. The summed E-state index contributed by atoms with van der Waals surface area (Å²) in [6.07, 6.45) is 0. The van der Waals surface area contributed by atoms with Crippen LogP contribution in [0.3, 0.4) is 0 Å². The average Bonchev–Trinajstić information content (AvgIpc) is 2.18. The molecule has 8 nitrogen and oxygen atoms in total. The van der Waals surface area contributed by atoms with Gasteiger partial charge in [-0.1, -0.05) is 0 Å². The van der Waals surface area contributed by atoms with Gasteiger partial charge in [0.15, 0.2) is 0 Å². The Kier molecular flexibility index (Phi) is 5.11. The van der Waals surface area contributed by atoms with Crippen LogP contribution in [0.4, 0.5) is 11.4 Å². The van der Waals surface area contributed by atoms with E-state index in [1.165, 1.54) is 25.1 Å². The van der Waals surface area contributed by atoms with Crippen molar-refractivity contribution in [1.82, 2.24) is 0 Å². The molecule has 16 heavy (non-hydrogen) atoms. The van der Waals surface area contributed by atoms with Gasteiger partial charge in [0.25, 0.3) is 17.8 Å². The third-order valence-corrected chi connectivity index (χ3v) is 1.67. The van der Waals surface area contributed by atoms with Crippen LogP contribution in [0.2, 0.25) is 0 Å². The fourth-order valence-electron chi connectivity index (χ4n) is 1.01. The van der Waals surface area contributed by atoms with E-state index in [9.17, 15) is 20.2 Å². The zero-order valence-corrected chi connectivity index (χ0v) is 8.19. The number of benzene rings is 1. The predicted octanol–water partition coefficient (Wildman–Crippen LogP) is 1.51. The van der Waals surface area contributed by atoms with E-state index in [1.807, 2.05) is 0 Å². The van der Waals surface area contributed by atoms with Gasteiger partial charge in [0.05, 0.1) is 9.85 Å². The zero-order chi connectivity index (χ0) is 12.7. The monoisotopic (exact) mass is 228 g/mol. The Morgan fingerprint density at radius 3 is 1.75 bits per heavy atom. The van der Waals surface area contributed by atoms with Crippen molar-refractivity contribution in [1.29, 1.82) is 0 Å². The molecule has 0 spiro atoms.